The van der Waals surface area contributed by atoms with Crippen LogP contribution in [-0.4, -0.2) is 73.5 Å². The molecular formula is C32H31FN8O2S. The number of rotatable bonds is 8. The second kappa shape index (κ2) is 11.5. The van der Waals surface area contributed by atoms with Gasteiger partial charge in [0.05, 0.1) is 34.2 Å². The molecule has 1 aliphatic rings. The van der Waals surface area contributed by atoms with Gasteiger partial charge in [0.1, 0.15) is 21.2 Å². The molecule has 0 saturated carbocycles. The average Bonchev–Trinajstić information content (AvgIpc) is 3.64. The van der Waals surface area contributed by atoms with E-state index in [9.17, 15) is 12.8 Å². The number of H-pyrrole nitrogens is 2. The highest BCUT2D eigenvalue weighted by Crippen LogP contribution is 2.32. The van der Waals surface area contributed by atoms with Gasteiger partial charge in [-0.15, -0.1) is 0 Å². The Morgan fingerprint density at radius 2 is 1.68 bits per heavy atom. The molecule has 0 unspecified atom stereocenters. The van der Waals surface area contributed by atoms with Gasteiger partial charge in [-0.2, -0.15) is 5.10 Å². The second-order valence-electron chi connectivity index (χ2n) is 11.5. The van der Waals surface area contributed by atoms with Crippen molar-refractivity contribution in [3.8, 4) is 33.9 Å². The molecule has 10 nitrogen and oxygen atoms in total. The monoisotopic (exact) mass is 610 g/mol. The lowest BCUT2D eigenvalue weighted by Gasteiger charge is -2.26. The number of aromatic amines is 2. The van der Waals surface area contributed by atoms with E-state index in [2.05, 4.69) is 36.1 Å². The molecule has 0 aliphatic carbocycles. The molecule has 0 radical (unpaired) electrons. The highest BCUT2D eigenvalue weighted by atomic mass is 32.2. The van der Waals surface area contributed by atoms with Gasteiger partial charge in [0.2, 0.25) is 0 Å². The molecule has 6 heterocycles. The zero-order chi connectivity index (χ0) is 30.3. The third-order valence-electron chi connectivity index (χ3n) is 8.00. The molecule has 7 rings (SSSR count). The number of hydrogen-bond donors (Lipinski definition) is 2. The van der Waals surface area contributed by atoms with E-state index in [1.165, 1.54) is 37.7 Å². The van der Waals surface area contributed by atoms with Gasteiger partial charge < -0.3 is 4.98 Å². The normalized spacial score (nSPS) is 14.5. The molecular weight excluding hydrogens is 579 g/mol. The molecule has 0 amide bonds. The molecule has 224 valence electrons. The number of piperidine rings is 1. The van der Waals surface area contributed by atoms with Gasteiger partial charge in [-0.25, -0.2) is 22.8 Å². The van der Waals surface area contributed by atoms with Crippen LogP contribution in [0.2, 0.25) is 0 Å². The van der Waals surface area contributed by atoms with Crippen LogP contribution in [0.4, 0.5) is 4.39 Å². The molecule has 44 heavy (non-hydrogen) atoms. The first-order chi connectivity index (χ1) is 21.3. The predicted octanol–water partition coefficient (Wildman–Crippen LogP) is 5.34. The van der Waals surface area contributed by atoms with Gasteiger partial charge in [0, 0.05) is 42.5 Å². The standard InChI is InChI=1S/C32H31FN8O2S/c1-44(42,43)10-7-20-11-22(14-24(33)13-20)25-17-35-18-28-29(25)38-32(37-28)31-30-27(39-40-31)6-5-26(36-30)23-12-21(15-34-16-23)19-41-8-3-2-4-9-41/h5-6,11-18H,2-4,7-10,19H2,1H3,(H,37,38)(H,39,40). The van der Waals surface area contributed by atoms with Crippen molar-refractivity contribution in [1.29, 1.82) is 0 Å². The fraction of sp³-hybridized carbons (Fsp3) is 0.281. The van der Waals surface area contributed by atoms with E-state index in [1.54, 1.807) is 18.5 Å². The van der Waals surface area contributed by atoms with Crippen LogP contribution in [-0.2, 0) is 22.8 Å². The number of hydrogen-bond acceptors (Lipinski definition) is 8. The van der Waals surface area contributed by atoms with Crippen molar-refractivity contribution in [3.63, 3.8) is 0 Å². The third-order valence-corrected chi connectivity index (χ3v) is 8.95. The first kappa shape index (κ1) is 28.2. The minimum Gasteiger partial charge on any atom is -0.335 e. The van der Waals surface area contributed by atoms with Gasteiger partial charge in [-0.3, -0.25) is 20.0 Å². The Bertz CT molecular complexity index is 2100. The summed E-state index contributed by atoms with van der Waals surface area (Å²) in [7, 11) is -3.19. The average molecular weight is 611 g/mol. The summed E-state index contributed by atoms with van der Waals surface area (Å²) in [6, 6.07) is 10.6. The summed E-state index contributed by atoms with van der Waals surface area (Å²) in [5.74, 6) is -0.0237. The number of sulfone groups is 1. The van der Waals surface area contributed by atoms with E-state index in [4.69, 9.17) is 9.97 Å². The molecule has 1 fully saturated rings. The van der Waals surface area contributed by atoms with Crippen LogP contribution in [0.15, 0.2) is 61.2 Å². The van der Waals surface area contributed by atoms with Crippen molar-refractivity contribution in [1.82, 2.24) is 40.0 Å². The fourth-order valence-corrected chi connectivity index (χ4v) is 6.43. The number of benzene rings is 1. The zero-order valence-electron chi connectivity index (χ0n) is 24.2. The summed E-state index contributed by atoms with van der Waals surface area (Å²) in [5, 5.41) is 7.58. The maximum Gasteiger partial charge on any atom is 0.161 e. The molecule has 0 bridgehead atoms. The molecule has 6 aromatic rings. The van der Waals surface area contributed by atoms with Gasteiger partial charge in [0.15, 0.2) is 11.5 Å². The smallest absolute Gasteiger partial charge is 0.161 e. The largest absolute Gasteiger partial charge is 0.335 e. The van der Waals surface area contributed by atoms with E-state index in [0.717, 1.165) is 42.0 Å². The summed E-state index contributed by atoms with van der Waals surface area (Å²) in [5.41, 5.74) is 7.87. The second-order valence-corrected chi connectivity index (χ2v) is 13.7. The Balaban J connectivity index is 1.23. The van der Waals surface area contributed by atoms with Crippen LogP contribution in [0.5, 0.6) is 0 Å². The maximum absolute atomic E-state index is 14.6. The Morgan fingerprint density at radius 1 is 0.864 bits per heavy atom. The summed E-state index contributed by atoms with van der Waals surface area (Å²) < 4.78 is 38.0. The first-order valence-electron chi connectivity index (χ1n) is 14.6. The minimum absolute atomic E-state index is 0.0646. The summed E-state index contributed by atoms with van der Waals surface area (Å²) in [6.07, 6.45) is 12.2. The highest BCUT2D eigenvalue weighted by molar-refractivity contribution is 7.90. The number of aromatic nitrogens is 7. The van der Waals surface area contributed by atoms with Crippen molar-refractivity contribution in [2.45, 2.75) is 32.2 Å². The van der Waals surface area contributed by atoms with Crippen molar-refractivity contribution >= 4 is 31.9 Å². The van der Waals surface area contributed by atoms with Crippen LogP contribution in [0.3, 0.4) is 0 Å². The lowest BCUT2D eigenvalue weighted by atomic mass is 10.0. The number of imidazole rings is 1. The Hall–Kier alpha value is -4.55. The van der Waals surface area contributed by atoms with Crippen LogP contribution in [0.25, 0.3) is 56.0 Å². The predicted molar refractivity (Wildman–Crippen MR) is 168 cm³/mol. The number of nitrogens with zero attached hydrogens (tertiary/aromatic N) is 6. The van der Waals surface area contributed by atoms with E-state index in [0.29, 0.717) is 44.8 Å². The zero-order valence-corrected chi connectivity index (χ0v) is 25.0. The Morgan fingerprint density at radius 3 is 2.52 bits per heavy atom. The maximum atomic E-state index is 14.6. The van der Waals surface area contributed by atoms with Gasteiger partial charge >= 0.3 is 0 Å². The molecule has 5 aromatic heterocycles. The van der Waals surface area contributed by atoms with E-state index < -0.39 is 15.7 Å². The van der Waals surface area contributed by atoms with Crippen molar-refractivity contribution in [2.24, 2.45) is 0 Å². The van der Waals surface area contributed by atoms with Gasteiger partial charge in [0.25, 0.3) is 0 Å². The van der Waals surface area contributed by atoms with Gasteiger partial charge in [-0.1, -0.05) is 12.5 Å². The number of halogens is 1. The van der Waals surface area contributed by atoms with E-state index in [-0.39, 0.29) is 12.2 Å². The van der Waals surface area contributed by atoms with Crippen LogP contribution >= 0.6 is 0 Å². The SMILES string of the molecule is CS(=O)(=O)CCc1cc(F)cc(-c2cncc3[nH]c(-c4n[nH]c5ccc(-c6cncc(CN7CCCCC7)c6)nc45)nc23)c1. The quantitative estimate of drug-likeness (QED) is 0.236. The molecule has 0 spiro atoms. The number of likely N-dealkylation sites (tertiary alicyclic amines) is 1. The van der Waals surface area contributed by atoms with Crippen molar-refractivity contribution in [3.05, 3.63) is 78.1 Å². The summed E-state index contributed by atoms with van der Waals surface area (Å²) >= 11 is 0. The fourth-order valence-electron chi connectivity index (χ4n) is 5.82. The molecule has 12 heteroatoms. The Labute approximate surface area is 253 Å². The molecule has 1 saturated heterocycles. The van der Waals surface area contributed by atoms with Crippen LogP contribution < -0.4 is 0 Å². The van der Waals surface area contributed by atoms with Crippen molar-refractivity contribution in [2.75, 3.05) is 25.1 Å². The van der Waals surface area contributed by atoms with E-state index in [1.807, 2.05) is 24.5 Å². The topological polar surface area (TPSA) is 133 Å². The van der Waals surface area contributed by atoms with E-state index >= 15 is 0 Å². The number of nitrogens with one attached hydrogen (secondary N) is 2. The Kier molecular flexibility index (Phi) is 7.39. The number of fused-ring (bicyclic) bond motifs is 2. The lowest BCUT2D eigenvalue weighted by molar-refractivity contribution is 0.220. The summed E-state index contributed by atoms with van der Waals surface area (Å²) in [4.78, 5) is 24.4. The molecule has 1 aliphatic heterocycles. The van der Waals surface area contributed by atoms with Crippen LogP contribution in [0, 0.1) is 5.82 Å². The number of pyridine rings is 3. The minimum atomic E-state index is -3.19. The third kappa shape index (κ3) is 5.95. The first-order valence-corrected chi connectivity index (χ1v) is 16.7. The molecule has 1 aromatic carbocycles. The van der Waals surface area contributed by atoms with Crippen molar-refractivity contribution < 1.29 is 12.8 Å². The van der Waals surface area contributed by atoms with Gasteiger partial charge in [-0.05, 0) is 79.4 Å². The summed E-state index contributed by atoms with van der Waals surface area (Å²) in [6.45, 7) is 3.11. The molecule has 0 atom stereocenters. The number of aryl methyl sites for hydroxylation is 1. The van der Waals surface area contributed by atoms with Crippen LogP contribution in [0.1, 0.15) is 30.4 Å². The highest BCUT2D eigenvalue weighted by Gasteiger charge is 2.18. The molecule has 2 N–H and O–H groups in total. The lowest BCUT2D eigenvalue weighted by Crippen LogP contribution is -2.29.